The Morgan fingerprint density at radius 1 is 1.04 bits per heavy atom. The lowest BCUT2D eigenvalue weighted by Crippen LogP contribution is -2.27. The van der Waals surface area contributed by atoms with Crippen molar-refractivity contribution in [3.8, 4) is 0 Å². The fraction of sp³-hybridized carbons (Fsp3) is 0.158. The van der Waals surface area contributed by atoms with E-state index in [1.807, 2.05) is 31.2 Å². The van der Waals surface area contributed by atoms with Crippen LogP contribution in [0.3, 0.4) is 0 Å². The molecule has 4 heterocycles. The summed E-state index contributed by atoms with van der Waals surface area (Å²) >= 11 is 0. The van der Waals surface area contributed by atoms with Crippen molar-refractivity contribution in [3.05, 3.63) is 65.6 Å². The Kier molecular flexibility index (Phi) is 4.10. The van der Waals surface area contributed by atoms with E-state index in [0.717, 1.165) is 28.9 Å². The van der Waals surface area contributed by atoms with Crippen molar-refractivity contribution in [1.29, 1.82) is 0 Å². The number of aromatic nitrogens is 3. The van der Waals surface area contributed by atoms with E-state index >= 15 is 0 Å². The summed E-state index contributed by atoms with van der Waals surface area (Å²) in [5.41, 5.74) is 2.04. The van der Waals surface area contributed by atoms with Crippen molar-refractivity contribution >= 4 is 28.8 Å². The zero-order valence-corrected chi connectivity index (χ0v) is 14.3. The molecule has 0 atom stereocenters. The van der Waals surface area contributed by atoms with Crippen LogP contribution in [0.15, 0.2) is 59.4 Å². The molecule has 0 bridgehead atoms. The number of alkyl halides is 3. The van der Waals surface area contributed by atoms with Gasteiger partial charge in [-0.15, -0.1) is 0 Å². The first-order chi connectivity index (χ1) is 12.9. The maximum Gasteiger partial charge on any atom is 0.417 e. The van der Waals surface area contributed by atoms with E-state index < -0.39 is 11.7 Å². The van der Waals surface area contributed by atoms with Crippen LogP contribution in [0, 0.1) is 0 Å². The lowest BCUT2D eigenvalue weighted by Gasteiger charge is -2.28. The lowest BCUT2D eigenvalue weighted by atomic mass is 10.1. The number of fused-ring (bicyclic) bond motifs is 1. The molecule has 1 aliphatic rings. The Morgan fingerprint density at radius 3 is 2.63 bits per heavy atom. The summed E-state index contributed by atoms with van der Waals surface area (Å²) in [4.78, 5) is 18.9. The van der Waals surface area contributed by atoms with Crippen molar-refractivity contribution in [1.82, 2.24) is 15.0 Å². The number of aliphatic imine (C=N–C) groups is 1. The van der Waals surface area contributed by atoms with E-state index in [1.165, 1.54) is 6.07 Å². The van der Waals surface area contributed by atoms with Crippen LogP contribution in [-0.2, 0) is 6.18 Å². The zero-order chi connectivity index (χ0) is 19.0. The van der Waals surface area contributed by atoms with E-state index in [-0.39, 0.29) is 6.67 Å². The largest absolute Gasteiger partial charge is 0.417 e. The van der Waals surface area contributed by atoms with Gasteiger partial charge in [0.15, 0.2) is 5.65 Å². The summed E-state index contributed by atoms with van der Waals surface area (Å²) in [7, 11) is 0. The second-order valence-electron chi connectivity index (χ2n) is 6.06. The maximum atomic E-state index is 12.8. The summed E-state index contributed by atoms with van der Waals surface area (Å²) in [6, 6.07) is 9.88. The molecule has 5 nitrogen and oxygen atoms in total. The molecule has 0 fully saturated rings. The van der Waals surface area contributed by atoms with Gasteiger partial charge in [0.1, 0.15) is 12.5 Å². The molecule has 136 valence electrons. The van der Waals surface area contributed by atoms with Gasteiger partial charge < -0.3 is 4.90 Å². The van der Waals surface area contributed by atoms with Crippen LogP contribution in [0.2, 0.25) is 0 Å². The highest BCUT2D eigenvalue weighted by Gasteiger charge is 2.31. The highest BCUT2D eigenvalue weighted by atomic mass is 19.4. The van der Waals surface area contributed by atoms with Crippen molar-refractivity contribution in [2.75, 3.05) is 11.6 Å². The maximum absolute atomic E-state index is 12.8. The van der Waals surface area contributed by atoms with Crippen LogP contribution in [0.1, 0.15) is 18.2 Å². The number of hydrogen-bond acceptors (Lipinski definition) is 5. The predicted octanol–water partition coefficient (Wildman–Crippen LogP) is 4.32. The van der Waals surface area contributed by atoms with Gasteiger partial charge in [-0.05, 0) is 48.9 Å². The molecule has 3 aromatic rings. The van der Waals surface area contributed by atoms with E-state index in [2.05, 4.69) is 19.9 Å². The standard InChI is InChI=1S/C19H14F3N5/c1-12-9-23-11-27(16-7-5-14(10-25-16)19(20,21)22)17(12)15-6-4-13-3-2-8-24-18(13)26-15/h2-10H,11H2,1H3. The molecule has 0 N–H and O–H groups in total. The van der Waals surface area contributed by atoms with Crippen molar-refractivity contribution in [2.24, 2.45) is 4.99 Å². The third-order valence-corrected chi connectivity index (χ3v) is 4.21. The topological polar surface area (TPSA) is 54.3 Å². The van der Waals surface area contributed by atoms with Crippen LogP contribution in [0.4, 0.5) is 19.0 Å². The Hall–Kier alpha value is -3.29. The second kappa shape index (κ2) is 6.46. The highest BCUT2D eigenvalue weighted by Crippen LogP contribution is 2.32. The molecular weight excluding hydrogens is 355 g/mol. The van der Waals surface area contributed by atoms with Crippen molar-refractivity contribution in [2.45, 2.75) is 13.1 Å². The van der Waals surface area contributed by atoms with Gasteiger partial charge in [0.05, 0.1) is 17.0 Å². The quantitative estimate of drug-likeness (QED) is 0.675. The normalized spacial score (nSPS) is 14.9. The molecule has 0 unspecified atom stereocenters. The first-order valence-corrected chi connectivity index (χ1v) is 8.17. The van der Waals surface area contributed by atoms with Crippen LogP contribution in [0.25, 0.3) is 16.7 Å². The van der Waals surface area contributed by atoms with Crippen molar-refractivity contribution in [3.63, 3.8) is 0 Å². The molecule has 3 aromatic heterocycles. The van der Waals surface area contributed by atoms with E-state index in [4.69, 9.17) is 0 Å². The molecule has 27 heavy (non-hydrogen) atoms. The van der Waals surface area contributed by atoms with E-state index in [9.17, 15) is 13.2 Å². The van der Waals surface area contributed by atoms with Gasteiger partial charge in [-0.25, -0.2) is 15.0 Å². The molecule has 0 saturated carbocycles. The molecule has 0 aromatic carbocycles. The molecular formula is C19H14F3N5. The zero-order valence-electron chi connectivity index (χ0n) is 14.3. The van der Waals surface area contributed by atoms with Gasteiger partial charge in [-0.1, -0.05) is 0 Å². The Morgan fingerprint density at radius 2 is 1.89 bits per heavy atom. The minimum Gasteiger partial charge on any atom is -0.304 e. The van der Waals surface area contributed by atoms with Gasteiger partial charge >= 0.3 is 6.18 Å². The highest BCUT2D eigenvalue weighted by molar-refractivity contribution is 5.96. The molecule has 0 saturated heterocycles. The summed E-state index contributed by atoms with van der Waals surface area (Å²) in [6.07, 6.45) is -0.209. The Balaban J connectivity index is 1.77. The minimum absolute atomic E-state index is 0.243. The lowest BCUT2D eigenvalue weighted by molar-refractivity contribution is -0.137. The Bertz CT molecular complexity index is 1050. The monoisotopic (exact) mass is 369 g/mol. The molecule has 8 heteroatoms. The second-order valence-corrected chi connectivity index (χ2v) is 6.06. The molecule has 0 aliphatic carbocycles. The average molecular weight is 369 g/mol. The fourth-order valence-electron chi connectivity index (χ4n) is 2.93. The van der Waals surface area contributed by atoms with Crippen LogP contribution in [0.5, 0.6) is 0 Å². The van der Waals surface area contributed by atoms with E-state index in [0.29, 0.717) is 17.2 Å². The fourth-order valence-corrected chi connectivity index (χ4v) is 2.93. The van der Waals surface area contributed by atoms with Crippen molar-refractivity contribution < 1.29 is 13.2 Å². The van der Waals surface area contributed by atoms with E-state index in [1.54, 1.807) is 17.3 Å². The first kappa shape index (κ1) is 17.1. The third-order valence-electron chi connectivity index (χ3n) is 4.21. The number of pyridine rings is 3. The van der Waals surface area contributed by atoms with Crippen LogP contribution >= 0.6 is 0 Å². The number of allylic oxidation sites excluding steroid dienone is 1. The summed E-state index contributed by atoms with van der Waals surface area (Å²) in [5, 5.41) is 0.906. The predicted molar refractivity (Wildman–Crippen MR) is 97.2 cm³/mol. The number of nitrogens with zero attached hydrogens (tertiary/aromatic N) is 5. The Labute approximate surface area is 152 Å². The molecule has 0 amide bonds. The molecule has 0 radical (unpaired) electrons. The smallest absolute Gasteiger partial charge is 0.304 e. The summed E-state index contributed by atoms with van der Waals surface area (Å²) < 4.78 is 38.4. The van der Waals surface area contributed by atoms with Gasteiger partial charge in [0.25, 0.3) is 0 Å². The number of hydrogen-bond donors (Lipinski definition) is 0. The molecule has 0 spiro atoms. The van der Waals surface area contributed by atoms with Gasteiger partial charge in [-0.2, -0.15) is 13.2 Å². The van der Waals surface area contributed by atoms with Gasteiger partial charge in [0, 0.05) is 24.0 Å². The molecule has 4 rings (SSSR count). The summed E-state index contributed by atoms with van der Waals surface area (Å²) in [5.74, 6) is 0.372. The van der Waals surface area contributed by atoms with Gasteiger partial charge in [0.2, 0.25) is 0 Å². The number of anilines is 1. The van der Waals surface area contributed by atoms with Gasteiger partial charge in [-0.3, -0.25) is 4.99 Å². The number of halogens is 3. The third kappa shape index (κ3) is 3.25. The minimum atomic E-state index is -4.42. The van der Waals surface area contributed by atoms with Crippen LogP contribution < -0.4 is 4.90 Å². The molecule has 1 aliphatic heterocycles. The average Bonchev–Trinajstić information content (AvgIpc) is 2.67. The first-order valence-electron chi connectivity index (χ1n) is 8.17. The summed E-state index contributed by atoms with van der Waals surface area (Å²) in [6.45, 7) is 2.12. The van der Waals surface area contributed by atoms with Crippen LogP contribution in [-0.4, -0.2) is 27.8 Å². The SMILES string of the molecule is CC1=C(c2ccc3cccnc3n2)N(c2ccc(C(F)(F)F)cn2)CN=C1. The number of rotatable bonds is 2.